The van der Waals surface area contributed by atoms with E-state index in [1.54, 1.807) is 41.5 Å². The molecule has 9 nitrogen and oxygen atoms in total. The van der Waals surface area contributed by atoms with Crippen LogP contribution in [-0.4, -0.2) is 65.6 Å². The minimum Gasteiger partial charge on any atom is -0.444 e. The Morgan fingerprint density at radius 3 is 1.26 bits per heavy atom. The Kier molecular flexibility index (Phi) is 11.4. The van der Waals surface area contributed by atoms with Crippen molar-refractivity contribution in [1.29, 1.82) is 0 Å². The van der Waals surface area contributed by atoms with Crippen LogP contribution in [0.1, 0.15) is 52.7 Å². The summed E-state index contributed by atoms with van der Waals surface area (Å²) in [5.41, 5.74) is 0.514. The Morgan fingerprint density at radius 2 is 0.947 bits per heavy atom. The molecule has 0 aromatic heterocycles. The number of amides is 2. The molecule has 208 valence electrons. The summed E-state index contributed by atoms with van der Waals surface area (Å²) in [6.07, 6.45) is -1.91. The monoisotopic (exact) mass is 528 g/mol. The predicted octanol–water partition coefficient (Wildman–Crippen LogP) is 6.01. The summed E-state index contributed by atoms with van der Waals surface area (Å²) in [6, 6.07) is 18.9. The van der Waals surface area contributed by atoms with Crippen molar-refractivity contribution in [2.24, 2.45) is 0 Å². The van der Waals surface area contributed by atoms with Crippen molar-refractivity contribution >= 4 is 18.3 Å². The normalized spacial score (nSPS) is 11.3. The van der Waals surface area contributed by atoms with Crippen molar-refractivity contribution < 1.29 is 33.3 Å². The molecule has 0 atom stereocenters. The van der Waals surface area contributed by atoms with Crippen molar-refractivity contribution in [3.63, 3.8) is 0 Å². The molecule has 38 heavy (non-hydrogen) atoms. The van der Waals surface area contributed by atoms with E-state index in [0.29, 0.717) is 13.1 Å². The lowest BCUT2D eigenvalue weighted by atomic mass is 10.2. The molecule has 0 fully saturated rings. The number of ether oxygens (including phenoxy) is 4. The first-order chi connectivity index (χ1) is 17.8. The van der Waals surface area contributed by atoms with E-state index in [2.05, 4.69) is 0 Å². The van der Waals surface area contributed by atoms with Crippen LogP contribution in [0.2, 0.25) is 0 Å². The highest BCUT2D eigenvalue weighted by molar-refractivity contribution is 5.69. The van der Waals surface area contributed by atoms with Gasteiger partial charge < -0.3 is 28.7 Å². The molecule has 2 rings (SSSR count). The van der Waals surface area contributed by atoms with Gasteiger partial charge in [-0.25, -0.2) is 14.4 Å². The fraction of sp³-hybridized carbons (Fsp3) is 0.483. The quantitative estimate of drug-likeness (QED) is 0.275. The maximum absolute atomic E-state index is 12.7. The molecule has 0 radical (unpaired) electrons. The third kappa shape index (κ3) is 12.5. The van der Waals surface area contributed by atoms with Gasteiger partial charge in [0.15, 0.2) is 0 Å². The SMILES string of the molecule is CC(C)(C)OC(=O)N(CCOC(=O)OCCN(Cc1ccccc1)C(=O)OC(C)(C)C)Cc1ccccc1. The van der Waals surface area contributed by atoms with Crippen LogP contribution in [0.15, 0.2) is 60.7 Å². The van der Waals surface area contributed by atoms with E-state index < -0.39 is 29.5 Å². The van der Waals surface area contributed by atoms with Crippen molar-refractivity contribution in [2.45, 2.75) is 65.8 Å². The van der Waals surface area contributed by atoms with Gasteiger partial charge in [-0.2, -0.15) is 0 Å². The third-order valence-corrected chi connectivity index (χ3v) is 4.90. The zero-order valence-electron chi connectivity index (χ0n) is 23.3. The molecule has 0 heterocycles. The van der Waals surface area contributed by atoms with Crippen LogP contribution >= 0.6 is 0 Å². The summed E-state index contributed by atoms with van der Waals surface area (Å²) in [6.45, 7) is 11.4. The standard InChI is InChI=1S/C29H40N2O7/c1-28(2,3)37-25(32)30(21-23-13-9-7-10-14-23)17-19-35-27(34)36-20-18-31(26(33)38-29(4,5)6)22-24-15-11-8-12-16-24/h7-16H,17-22H2,1-6H3. The number of carbonyl (C=O) groups is 3. The topological polar surface area (TPSA) is 94.6 Å². The average Bonchev–Trinajstić information content (AvgIpc) is 2.82. The molecule has 0 saturated carbocycles. The lowest BCUT2D eigenvalue weighted by Crippen LogP contribution is -2.39. The first-order valence-corrected chi connectivity index (χ1v) is 12.7. The highest BCUT2D eigenvalue weighted by Gasteiger charge is 2.24. The van der Waals surface area contributed by atoms with E-state index in [4.69, 9.17) is 18.9 Å². The van der Waals surface area contributed by atoms with Gasteiger partial charge in [0.25, 0.3) is 0 Å². The van der Waals surface area contributed by atoms with E-state index in [-0.39, 0.29) is 26.3 Å². The molecule has 0 spiro atoms. The number of benzene rings is 2. The van der Waals surface area contributed by atoms with Crippen molar-refractivity contribution in [1.82, 2.24) is 9.80 Å². The highest BCUT2D eigenvalue weighted by atomic mass is 16.7. The van der Waals surface area contributed by atoms with Gasteiger partial charge in [-0.1, -0.05) is 60.7 Å². The van der Waals surface area contributed by atoms with Crippen molar-refractivity contribution in [2.75, 3.05) is 26.3 Å². The maximum atomic E-state index is 12.7. The number of carbonyl (C=O) groups excluding carboxylic acids is 3. The van der Waals surface area contributed by atoms with Gasteiger partial charge in [0.2, 0.25) is 0 Å². The molecular weight excluding hydrogens is 488 g/mol. The van der Waals surface area contributed by atoms with Gasteiger partial charge in [0.05, 0.1) is 13.1 Å². The van der Waals surface area contributed by atoms with Gasteiger partial charge in [-0.05, 0) is 52.7 Å². The lowest BCUT2D eigenvalue weighted by Gasteiger charge is -2.27. The molecular formula is C29H40N2O7. The van der Waals surface area contributed by atoms with Crippen LogP contribution in [0.4, 0.5) is 14.4 Å². The summed E-state index contributed by atoms with van der Waals surface area (Å²) in [4.78, 5) is 40.5. The fourth-order valence-electron chi connectivity index (χ4n) is 3.25. The summed E-state index contributed by atoms with van der Waals surface area (Å²) >= 11 is 0. The van der Waals surface area contributed by atoms with Gasteiger partial charge in [0, 0.05) is 13.1 Å². The second kappa shape index (κ2) is 14.3. The minimum absolute atomic E-state index is 0.0787. The molecule has 0 aliphatic rings. The molecule has 0 bridgehead atoms. The Hall–Kier alpha value is -3.75. The first kappa shape index (κ1) is 30.5. The van der Waals surface area contributed by atoms with Crippen molar-refractivity contribution in [3.8, 4) is 0 Å². The third-order valence-electron chi connectivity index (χ3n) is 4.90. The smallest absolute Gasteiger partial charge is 0.444 e. The van der Waals surface area contributed by atoms with Crippen LogP contribution in [0, 0.1) is 0 Å². The maximum Gasteiger partial charge on any atom is 0.508 e. The molecule has 0 N–H and O–H groups in total. The van der Waals surface area contributed by atoms with E-state index in [0.717, 1.165) is 11.1 Å². The van der Waals surface area contributed by atoms with Crippen LogP contribution in [0.5, 0.6) is 0 Å². The number of hydrogen-bond donors (Lipinski definition) is 0. The fourth-order valence-corrected chi connectivity index (χ4v) is 3.25. The van der Waals surface area contributed by atoms with Gasteiger partial charge in [-0.15, -0.1) is 0 Å². The highest BCUT2D eigenvalue weighted by Crippen LogP contribution is 2.14. The van der Waals surface area contributed by atoms with Crippen LogP contribution in [0.25, 0.3) is 0 Å². The Labute approximate surface area is 225 Å². The van der Waals surface area contributed by atoms with E-state index >= 15 is 0 Å². The number of nitrogens with zero attached hydrogens (tertiary/aromatic N) is 2. The summed E-state index contributed by atoms with van der Waals surface area (Å²) in [5.74, 6) is 0. The molecule has 0 unspecified atom stereocenters. The molecule has 2 aromatic rings. The van der Waals surface area contributed by atoms with Gasteiger partial charge >= 0.3 is 18.3 Å². The van der Waals surface area contributed by atoms with Gasteiger partial charge in [0.1, 0.15) is 24.4 Å². The molecule has 0 saturated heterocycles. The second-order valence-electron chi connectivity index (χ2n) is 10.7. The molecule has 9 heteroatoms. The molecule has 2 aromatic carbocycles. The Morgan fingerprint density at radius 1 is 0.605 bits per heavy atom. The Balaban J connectivity index is 1.88. The van der Waals surface area contributed by atoms with E-state index in [1.807, 2.05) is 60.7 Å². The summed E-state index contributed by atoms with van der Waals surface area (Å²) in [7, 11) is 0. The molecule has 0 aliphatic heterocycles. The largest absolute Gasteiger partial charge is 0.508 e. The Bertz CT molecular complexity index is 933. The van der Waals surface area contributed by atoms with Crippen LogP contribution in [0.3, 0.4) is 0 Å². The zero-order chi connectivity index (χ0) is 28.2. The second-order valence-corrected chi connectivity index (χ2v) is 10.7. The zero-order valence-corrected chi connectivity index (χ0v) is 23.3. The van der Waals surface area contributed by atoms with E-state index in [9.17, 15) is 14.4 Å². The molecule has 2 amide bonds. The van der Waals surface area contributed by atoms with Crippen LogP contribution in [-0.2, 0) is 32.0 Å². The van der Waals surface area contributed by atoms with Crippen LogP contribution < -0.4 is 0 Å². The van der Waals surface area contributed by atoms with Crippen molar-refractivity contribution in [3.05, 3.63) is 71.8 Å². The van der Waals surface area contributed by atoms with Gasteiger partial charge in [-0.3, -0.25) is 0 Å². The van der Waals surface area contributed by atoms with E-state index in [1.165, 1.54) is 9.80 Å². The summed E-state index contributed by atoms with van der Waals surface area (Å²) < 4.78 is 21.4. The average molecular weight is 529 g/mol. The predicted molar refractivity (Wildman–Crippen MR) is 143 cm³/mol. The first-order valence-electron chi connectivity index (χ1n) is 12.7. The lowest BCUT2D eigenvalue weighted by molar-refractivity contribution is 0.00718. The number of hydrogen-bond acceptors (Lipinski definition) is 7. The molecule has 0 aliphatic carbocycles. The number of rotatable bonds is 10. The summed E-state index contributed by atoms with van der Waals surface area (Å²) in [5, 5.41) is 0. The minimum atomic E-state index is -0.891.